The second kappa shape index (κ2) is 5.57. The van der Waals surface area contributed by atoms with E-state index in [9.17, 15) is 4.79 Å². The monoisotopic (exact) mass is 260 g/mol. The third kappa shape index (κ3) is 3.35. The molecular weight excluding hydrogens is 236 g/mol. The summed E-state index contributed by atoms with van der Waals surface area (Å²) in [5.41, 5.74) is 6.00. The van der Waals surface area contributed by atoms with Gasteiger partial charge in [0.15, 0.2) is 0 Å². The average molecular weight is 261 g/mol. The van der Waals surface area contributed by atoms with Crippen molar-refractivity contribution in [1.82, 2.24) is 5.32 Å². The maximum atomic E-state index is 12.0. The van der Waals surface area contributed by atoms with Gasteiger partial charge in [-0.3, -0.25) is 4.79 Å². The van der Waals surface area contributed by atoms with E-state index in [-0.39, 0.29) is 29.6 Å². The molecule has 0 aliphatic heterocycles. The Balaban J connectivity index is 0.00000144. The Hall–Kier alpha value is -0.280. The maximum absolute atomic E-state index is 12.0. The lowest BCUT2D eigenvalue weighted by Gasteiger charge is -2.31. The normalized spacial score (nSPS) is 34.6. The van der Waals surface area contributed by atoms with Crippen molar-refractivity contribution < 1.29 is 4.79 Å². The molecule has 0 aromatic rings. The van der Waals surface area contributed by atoms with E-state index >= 15 is 0 Å². The van der Waals surface area contributed by atoms with Crippen molar-refractivity contribution in [2.24, 2.45) is 23.0 Å². The first-order chi connectivity index (χ1) is 7.54. The standard InChI is InChI=1S/C13H24N2O.ClH/c1-13(2)7-10(13)12(16)15-11-6-4-3-5-9(11)8-14;/h9-11H,3-8,14H2,1-2H3,(H,15,16);1H. The van der Waals surface area contributed by atoms with Crippen LogP contribution in [0.25, 0.3) is 0 Å². The van der Waals surface area contributed by atoms with Crippen molar-refractivity contribution in [2.75, 3.05) is 6.54 Å². The predicted octanol–water partition coefficient (Wildman–Crippen LogP) is 2.09. The highest BCUT2D eigenvalue weighted by Crippen LogP contribution is 2.51. The third-order valence-electron chi connectivity index (χ3n) is 4.37. The number of carbonyl (C=O) groups is 1. The van der Waals surface area contributed by atoms with Crippen molar-refractivity contribution in [3.05, 3.63) is 0 Å². The molecule has 17 heavy (non-hydrogen) atoms. The zero-order chi connectivity index (χ0) is 11.8. The van der Waals surface area contributed by atoms with E-state index in [1.165, 1.54) is 19.3 Å². The molecule has 0 aromatic heterocycles. The molecule has 0 bridgehead atoms. The van der Waals surface area contributed by atoms with Crippen LogP contribution in [-0.2, 0) is 4.79 Å². The van der Waals surface area contributed by atoms with Crippen LogP contribution in [0.15, 0.2) is 0 Å². The molecule has 2 fully saturated rings. The number of rotatable bonds is 3. The lowest BCUT2D eigenvalue weighted by molar-refractivity contribution is -0.124. The summed E-state index contributed by atoms with van der Waals surface area (Å²) < 4.78 is 0. The minimum atomic E-state index is 0. The summed E-state index contributed by atoms with van der Waals surface area (Å²) in [6.07, 6.45) is 5.83. The summed E-state index contributed by atoms with van der Waals surface area (Å²) in [6.45, 7) is 5.04. The molecule has 4 heteroatoms. The van der Waals surface area contributed by atoms with Gasteiger partial charge in [0.05, 0.1) is 0 Å². The van der Waals surface area contributed by atoms with E-state index in [4.69, 9.17) is 5.73 Å². The molecule has 3 atom stereocenters. The zero-order valence-corrected chi connectivity index (χ0v) is 11.7. The molecular formula is C13H25ClN2O. The lowest BCUT2D eigenvalue weighted by Crippen LogP contribution is -2.45. The fraction of sp³-hybridized carbons (Fsp3) is 0.923. The summed E-state index contributed by atoms with van der Waals surface area (Å²) in [5.74, 6) is 1.00. The van der Waals surface area contributed by atoms with Gasteiger partial charge in [-0.1, -0.05) is 26.7 Å². The van der Waals surface area contributed by atoms with Gasteiger partial charge in [0.1, 0.15) is 0 Å². The Kier molecular flexibility index (Phi) is 4.85. The summed E-state index contributed by atoms with van der Waals surface area (Å²) in [6, 6.07) is 0.336. The molecule has 3 unspecified atom stereocenters. The largest absolute Gasteiger partial charge is 0.353 e. The molecule has 1 amide bonds. The van der Waals surface area contributed by atoms with Crippen molar-refractivity contribution in [3.8, 4) is 0 Å². The van der Waals surface area contributed by atoms with Crippen molar-refractivity contribution in [1.29, 1.82) is 0 Å². The Morgan fingerprint density at radius 1 is 1.35 bits per heavy atom. The third-order valence-corrected chi connectivity index (χ3v) is 4.37. The summed E-state index contributed by atoms with van der Waals surface area (Å²) in [7, 11) is 0. The van der Waals surface area contributed by atoms with E-state index in [0.29, 0.717) is 18.5 Å². The fourth-order valence-corrected chi connectivity index (χ4v) is 2.88. The Labute approximate surface area is 110 Å². The number of nitrogens with one attached hydrogen (secondary N) is 1. The number of carbonyl (C=O) groups excluding carboxylic acids is 1. The summed E-state index contributed by atoms with van der Waals surface area (Å²) in [4.78, 5) is 12.0. The molecule has 0 aromatic carbocycles. The lowest BCUT2D eigenvalue weighted by atomic mass is 9.84. The average Bonchev–Trinajstić information content (AvgIpc) is 2.89. The highest BCUT2D eigenvalue weighted by atomic mass is 35.5. The topological polar surface area (TPSA) is 55.1 Å². The van der Waals surface area contributed by atoms with Gasteiger partial charge in [-0.2, -0.15) is 0 Å². The van der Waals surface area contributed by atoms with Crippen LogP contribution < -0.4 is 11.1 Å². The molecule has 3 nitrogen and oxygen atoms in total. The van der Waals surface area contributed by atoms with Gasteiger partial charge in [0, 0.05) is 12.0 Å². The van der Waals surface area contributed by atoms with Gasteiger partial charge in [-0.15, -0.1) is 12.4 Å². The predicted molar refractivity (Wildman–Crippen MR) is 72.1 cm³/mol. The molecule has 0 heterocycles. The van der Waals surface area contributed by atoms with E-state index < -0.39 is 0 Å². The van der Waals surface area contributed by atoms with E-state index in [2.05, 4.69) is 19.2 Å². The Bertz CT molecular complexity index is 281. The van der Waals surface area contributed by atoms with E-state index in [0.717, 1.165) is 12.8 Å². The molecule has 2 rings (SSSR count). The molecule has 0 radical (unpaired) electrons. The van der Waals surface area contributed by atoms with Crippen LogP contribution >= 0.6 is 12.4 Å². The quantitative estimate of drug-likeness (QED) is 0.817. The van der Waals surface area contributed by atoms with Crippen LogP contribution in [0.4, 0.5) is 0 Å². The smallest absolute Gasteiger partial charge is 0.223 e. The van der Waals surface area contributed by atoms with Gasteiger partial charge < -0.3 is 11.1 Å². The second-order valence-corrected chi connectivity index (χ2v) is 6.14. The molecule has 100 valence electrons. The van der Waals surface area contributed by atoms with Crippen molar-refractivity contribution in [3.63, 3.8) is 0 Å². The first-order valence-electron chi connectivity index (χ1n) is 6.55. The van der Waals surface area contributed by atoms with E-state index in [1.807, 2.05) is 0 Å². The van der Waals surface area contributed by atoms with Gasteiger partial charge in [0.25, 0.3) is 0 Å². The Morgan fingerprint density at radius 2 is 1.94 bits per heavy atom. The van der Waals surface area contributed by atoms with Gasteiger partial charge >= 0.3 is 0 Å². The zero-order valence-electron chi connectivity index (χ0n) is 10.9. The van der Waals surface area contributed by atoms with Crippen LogP contribution in [0.3, 0.4) is 0 Å². The highest BCUT2D eigenvalue weighted by Gasteiger charge is 2.51. The van der Waals surface area contributed by atoms with Gasteiger partial charge in [-0.25, -0.2) is 0 Å². The van der Waals surface area contributed by atoms with E-state index in [1.54, 1.807) is 0 Å². The molecule has 2 aliphatic rings. The SMILES string of the molecule is CC1(C)CC1C(=O)NC1CCCCC1CN.Cl. The van der Waals surface area contributed by atoms with Crippen LogP contribution in [0.5, 0.6) is 0 Å². The minimum absolute atomic E-state index is 0. The number of nitrogens with two attached hydrogens (primary N) is 1. The van der Waals surface area contributed by atoms with Crippen LogP contribution in [0, 0.1) is 17.3 Å². The molecule has 0 saturated heterocycles. The number of hydrogen-bond donors (Lipinski definition) is 2. The van der Waals surface area contributed by atoms with Crippen molar-refractivity contribution in [2.45, 2.75) is 52.0 Å². The number of hydrogen-bond acceptors (Lipinski definition) is 2. The molecule has 2 aliphatic carbocycles. The van der Waals surface area contributed by atoms with Gasteiger partial charge in [0.2, 0.25) is 5.91 Å². The maximum Gasteiger partial charge on any atom is 0.223 e. The molecule has 2 saturated carbocycles. The van der Waals surface area contributed by atoms with Crippen LogP contribution in [0.1, 0.15) is 46.0 Å². The number of amides is 1. The first kappa shape index (κ1) is 14.8. The van der Waals surface area contributed by atoms with Crippen LogP contribution in [-0.4, -0.2) is 18.5 Å². The highest BCUT2D eigenvalue weighted by molar-refractivity contribution is 5.85. The van der Waals surface area contributed by atoms with Gasteiger partial charge in [-0.05, 0) is 37.1 Å². The van der Waals surface area contributed by atoms with Crippen molar-refractivity contribution >= 4 is 18.3 Å². The van der Waals surface area contributed by atoms with Crippen LogP contribution in [0.2, 0.25) is 0 Å². The fourth-order valence-electron chi connectivity index (χ4n) is 2.88. The minimum Gasteiger partial charge on any atom is -0.353 e. The first-order valence-corrected chi connectivity index (χ1v) is 6.55. The summed E-state index contributed by atoms with van der Waals surface area (Å²) >= 11 is 0. The molecule has 3 N–H and O–H groups in total. The molecule has 0 spiro atoms. The second-order valence-electron chi connectivity index (χ2n) is 6.14. The Morgan fingerprint density at radius 3 is 2.47 bits per heavy atom. The number of halogens is 1. The summed E-state index contributed by atoms with van der Waals surface area (Å²) in [5, 5.41) is 3.22.